The number of amides is 1. The summed E-state index contributed by atoms with van der Waals surface area (Å²) < 4.78 is 10.8. The molecule has 1 atom stereocenters. The number of carbonyl (C=O) groups excluding carboxylic acids is 2. The van der Waals surface area contributed by atoms with E-state index < -0.39 is 23.7 Å². The molecule has 2 aromatic carbocycles. The third kappa shape index (κ3) is 7.73. The van der Waals surface area contributed by atoms with Gasteiger partial charge in [0.2, 0.25) is 0 Å². The minimum atomic E-state index is -0.956. The molecular weight excluding hydrogens is 493 g/mol. The van der Waals surface area contributed by atoms with E-state index in [-0.39, 0.29) is 34.4 Å². The quantitative estimate of drug-likeness (QED) is 0.307. The van der Waals surface area contributed by atoms with Gasteiger partial charge in [-0.2, -0.15) is 0 Å². The van der Waals surface area contributed by atoms with Crippen LogP contribution in [0, 0.1) is 0 Å². The van der Waals surface area contributed by atoms with Gasteiger partial charge in [-0.15, -0.1) is 0 Å². The van der Waals surface area contributed by atoms with Crippen molar-refractivity contribution in [1.82, 2.24) is 15.5 Å². The van der Waals surface area contributed by atoms with Gasteiger partial charge < -0.3 is 30.1 Å². The first-order valence-corrected chi connectivity index (χ1v) is 12.4. The molecule has 1 aliphatic heterocycles. The van der Waals surface area contributed by atoms with Crippen molar-refractivity contribution in [1.29, 1.82) is 0 Å². The van der Waals surface area contributed by atoms with E-state index in [1.54, 1.807) is 6.92 Å². The number of hydrogen-bond donors (Lipinski definition) is 3. The van der Waals surface area contributed by atoms with Crippen LogP contribution in [0.4, 0.5) is 0 Å². The fraction of sp³-hybridized carbons (Fsp3) is 0.440. The summed E-state index contributed by atoms with van der Waals surface area (Å²) >= 11 is 12.7. The van der Waals surface area contributed by atoms with Crippen molar-refractivity contribution in [3.05, 3.63) is 57.6 Å². The van der Waals surface area contributed by atoms with Gasteiger partial charge in [-0.25, -0.2) is 4.79 Å². The number of nitrogens with one attached hydrogen (secondary N) is 2. The first-order valence-electron chi connectivity index (χ1n) is 11.7. The third-order valence-corrected chi connectivity index (χ3v) is 6.26. The number of phenolic OH excluding ortho intramolecular Hbond substituents is 1. The summed E-state index contributed by atoms with van der Waals surface area (Å²) in [6.07, 6.45) is 0.984. The van der Waals surface area contributed by atoms with Gasteiger partial charge in [0.05, 0.1) is 23.8 Å². The van der Waals surface area contributed by atoms with E-state index in [0.29, 0.717) is 6.61 Å². The van der Waals surface area contributed by atoms with Crippen molar-refractivity contribution < 1.29 is 24.2 Å². The number of aromatic hydroxyl groups is 1. The maximum Gasteiger partial charge on any atom is 0.328 e. The topological polar surface area (TPSA) is 100 Å². The number of piperazine rings is 1. The maximum atomic E-state index is 13.0. The van der Waals surface area contributed by atoms with Crippen molar-refractivity contribution in [2.75, 3.05) is 45.9 Å². The van der Waals surface area contributed by atoms with E-state index >= 15 is 0 Å². The molecule has 1 fully saturated rings. The highest BCUT2D eigenvalue weighted by Gasteiger charge is 2.27. The molecule has 190 valence electrons. The smallest absolute Gasteiger partial charge is 0.328 e. The summed E-state index contributed by atoms with van der Waals surface area (Å²) in [5, 5.41) is 16.5. The van der Waals surface area contributed by atoms with Crippen LogP contribution in [0.5, 0.6) is 11.5 Å². The molecule has 35 heavy (non-hydrogen) atoms. The van der Waals surface area contributed by atoms with Crippen LogP contribution in [0.15, 0.2) is 36.4 Å². The molecule has 0 spiro atoms. The monoisotopic (exact) mass is 523 g/mol. The fourth-order valence-electron chi connectivity index (χ4n) is 3.82. The van der Waals surface area contributed by atoms with E-state index in [0.717, 1.165) is 44.7 Å². The van der Waals surface area contributed by atoms with Crippen LogP contribution in [0.3, 0.4) is 0 Å². The number of rotatable bonds is 11. The first-order chi connectivity index (χ1) is 16.9. The highest BCUT2D eigenvalue weighted by Crippen LogP contribution is 2.42. The largest absolute Gasteiger partial charge is 0.505 e. The van der Waals surface area contributed by atoms with Crippen LogP contribution >= 0.6 is 23.2 Å². The van der Waals surface area contributed by atoms with Gasteiger partial charge in [-0.1, -0.05) is 53.5 Å². The lowest BCUT2D eigenvalue weighted by Crippen LogP contribution is -2.44. The van der Waals surface area contributed by atoms with E-state index in [2.05, 4.69) is 15.5 Å². The lowest BCUT2D eigenvalue weighted by Gasteiger charge is -2.27. The summed E-state index contributed by atoms with van der Waals surface area (Å²) in [5.74, 6) is -1.63. The Morgan fingerprint density at radius 2 is 1.91 bits per heavy atom. The van der Waals surface area contributed by atoms with Gasteiger partial charge in [0.25, 0.3) is 5.91 Å². The molecule has 2 aromatic rings. The summed E-state index contributed by atoms with van der Waals surface area (Å²) in [4.78, 5) is 27.8. The van der Waals surface area contributed by atoms with Crippen molar-refractivity contribution in [3.8, 4) is 11.5 Å². The molecule has 8 nitrogen and oxygen atoms in total. The van der Waals surface area contributed by atoms with Gasteiger partial charge in [0.15, 0.2) is 11.5 Å². The lowest BCUT2D eigenvalue weighted by atomic mass is 10.1. The van der Waals surface area contributed by atoms with E-state index in [1.165, 1.54) is 6.07 Å². The molecule has 1 aliphatic rings. The van der Waals surface area contributed by atoms with Crippen LogP contribution in [0.2, 0.25) is 10.0 Å². The molecule has 0 aromatic heterocycles. The van der Waals surface area contributed by atoms with Crippen molar-refractivity contribution >= 4 is 35.1 Å². The molecule has 3 rings (SSSR count). The van der Waals surface area contributed by atoms with E-state index in [4.69, 9.17) is 32.7 Å². The first kappa shape index (κ1) is 27.1. The number of ether oxygens (including phenoxy) is 2. The molecule has 1 unspecified atom stereocenters. The molecule has 1 saturated heterocycles. The van der Waals surface area contributed by atoms with Gasteiger partial charge in [0.1, 0.15) is 11.1 Å². The van der Waals surface area contributed by atoms with Crippen LogP contribution in [-0.4, -0.2) is 73.9 Å². The third-order valence-electron chi connectivity index (χ3n) is 5.63. The van der Waals surface area contributed by atoms with Crippen molar-refractivity contribution in [3.63, 3.8) is 0 Å². The second-order valence-electron chi connectivity index (χ2n) is 8.16. The average molecular weight is 524 g/mol. The highest BCUT2D eigenvalue weighted by atomic mass is 35.5. The Balaban J connectivity index is 1.66. The molecule has 10 heteroatoms. The molecule has 1 amide bonds. The summed E-state index contributed by atoms with van der Waals surface area (Å²) in [5.41, 5.74) is 0.686. The zero-order valence-corrected chi connectivity index (χ0v) is 21.2. The van der Waals surface area contributed by atoms with Gasteiger partial charge in [0, 0.05) is 39.1 Å². The molecule has 1 heterocycles. The second kappa shape index (κ2) is 13.5. The molecule has 0 bridgehead atoms. The molecular formula is C25H31Cl2N3O5. The minimum absolute atomic E-state index is 0.0934. The number of phenols is 1. The predicted octanol–water partition coefficient (Wildman–Crippen LogP) is 3.28. The Labute approximate surface area is 215 Å². The minimum Gasteiger partial charge on any atom is -0.505 e. The van der Waals surface area contributed by atoms with Gasteiger partial charge >= 0.3 is 5.97 Å². The Morgan fingerprint density at radius 3 is 2.60 bits per heavy atom. The summed E-state index contributed by atoms with van der Waals surface area (Å²) in [6.45, 7) is 7.01. The van der Waals surface area contributed by atoms with Crippen LogP contribution in [-0.2, 0) is 16.0 Å². The number of halogens is 2. The Hall–Kier alpha value is -2.52. The molecule has 3 N–H and O–H groups in total. The predicted molar refractivity (Wildman–Crippen MR) is 136 cm³/mol. The lowest BCUT2D eigenvalue weighted by molar-refractivity contribution is -0.145. The van der Waals surface area contributed by atoms with Crippen LogP contribution < -0.4 is 15.4 Å². The SMILES string of the molecule is CCOC(=O)C(Cc1ccccc1)NC(=O)c1cc(Cl)c(OCCCN2CCNCC2)c(Cl)c1O. The summed E-state index contributed by atoms with van der Waals surface area (Å²) in [6, 6.07) is 9.56. The number of hydrogen-bond acceptors (Lipinski definition) is 7. The summed E-state index contributed by atoms with van der Waals surface area (Å²) in [7, 11) is 0. The van der Waals surface area contributed by atoms with E-state index in [1.807, 2.05) is 30.3 Å². The highest BCUT2D eigenvalue weighted by molar-refractivity contribution is 6.39. The van der Waals surface area contributed by atoms with Crippen LogP contribution in [0.1, 0.15) is 29.3 Å². The fourth-order valence-corrected chi connectivity index (χ4v) is 4.38. The van der Waals surface area contributed by atoms with Gasteiger partial charge in [-0.3, -0.25) is 4.79 Å². The Kier molecular flexibility index (Phi) is 10.5. The molecule has 0 saturated carbocycles. The Bertz CT molecular complexity index is 1000. The normalized spacial score (nSPS) is 14.8. The number of esters is 1. The van der Waals surface area contributed by atoms with Crippen molar-refractivity contribution in [2.45, 2.75) is 25.8 Å². The maximum absolute atomic E-state index is 13.0. The Morgan fingerprint density at radius 1 is 1.20 bits per heavy atom. The standard InChI is InChI=1S/C25H31Cl2N3O5/c1-2-34-25(33)20(15-17-7-4-3-5-8-17)29-24(32)18-16-19(26)23(21(27)22(18)31)35-14-6-11-30-12-9-28-10-13-30/h3-5,7-8,16,20,28,31H,2,6,9-15H2,1H3,(H,29,32). The molecule has 0 aliphatic carbocycles. The van der Waals surface area contributed by atoms with Crippen molar-refractivity contribution in [2.24, 2.45) is 0 Å². The second-order valence-corrected chi connectivity index (χ2v) is 8.94. The van der Waals surface area contributed by atoms with Crippen LogP contribution in [0.25, 0.3) is 0 Å². The number of benzene rings is 2. The van der Waals surface area contributed by atoms with Gasteiger partial charge in [-0.05, 0) is 25.0 Å². The number of carbonyl (C=O) groups is 2. The van der Waals surface area contributed by atoms with E-state index in [9.17, 15) is 14.7 Å². The number of nitrogens with zero attached hydrogens (tertiary/aromatic N) is 1. The zero-order chi connectivity index (χ0) is 25.2. The molecule has 0 radical (unpaired) electrons. The zero-order valence-electron chi connectivity index (χ0n) is 19.7. The average Bonchev–Trinajstić information content (AvgIpc) is 2.86.